The largest absolute Gasteiger partial charge is 0.481 e. The minimum Gasteiger partial charge on any atom is -0.481 e. The van der Waals surface area contributed by atoms with Gasteiger partial charge in [-0.05, 0) is 39.7 Å². The number of likely N-dealkylation sites (tertiary alicyclic amines) is 1. The summed E-state index contributed by atoms with van der Waals surface area (Å²) in [5, 5.41) is 2.50. The molecule has 208 valence electrons. The zero-order valence-corrected chi connectivity index (χ0v) is 20.5. The van der Waals surface area contributed by atoms with Gasteiger partial charge < -0.3 is 19.7 Å². The predicted octanol–water partition coefficient (Wildman–Crippen LogP) is 3.97. The van der Waals surface area contributed by atoms with Crippen LogP contribution in [0, 0.1) is 5.82 Å². The number of ether oxygens (including phenoxy) is 2. The van der Waals surface area contributed by atoms with Crippen molar-refractivity contribution in [1.82, 2.24) is 15.2 Å². The number of alkyl halides is 6. The molecule has 2 fully saturated rings. The smallest absolute Gasteiger partial charge is 0.410 e. The van der Waals surface area contributed by atoms with Crippen LogP contribution in [0.15, 0.2) is 6.07 Å². The quantitative estimate of drug-likeness (QED) is 0.565. The van der Waals surface area contributed by atoms with Crippen LogP contribution >= 0.6 is 0 Å². The standard InChI is InChI=1S/C22H27F7N4O4/c1-19(2,3)37-18(35)33-7-5-6-14(33)16(34)30-9-12-8-13(23)15(31-17(12)36-4)32-10-20(24,25)22(28,29)21(26,27)11-32/h8,14H,5-7,9-11H2,1-4H3,(H,30,34). The number of methoxy groups -OCH3 is 1. The van der Waals surface area contributed by atoms with Crippen molar-refractivity contribution in [1.29, 1.82) is 0 Å². The van der Waals surface area contributed by atoms with E-state index in [2.05, 4.69) is 10.3 Å². The van der Waals surface area contributed by atoms with Crippen LogP contribution in [0.2, 0.25) is 0 Å². The van der Waals surface area contributed by atoms with E-state index in [1.807, 2.05) is 0 Å². The fourth-order valence-electron chi connectivity index (χ4n) is 4.06. The summed E-state index contributed by atoms with van der Waals surface area (Å²) < 4.78 is 107. The van der Waals surface area contributed by atoms with E-state index in [1.54, 1.807) is 20.8 Å². The van der Waals surface area contributed by atoms with Crippen LogP contribution in [0.3, 0.4) is 0 Å². The molecule has 0 bridgehead atoms. The highest BCUT2D eigenvalue weighted by Gasteiger charge is 2.75. The summed E-state index contributed by atoms with van der Waals surface area (Å²) in [4.78, 5) is 30.1. The Labute approximate surface area is 208 Å². The van der Waals surface area contributed by atoms with Crippen molar-refractivity contribution in [2.75, 3.05) is 31.6 Å². The van der Waals surface area contributed by atoms with Gasteiger partial charge in [0.1, 0.15) is 11.6 Å². The van der Waals surface area contributed by atoms with Gasteiger partial charge in [0.2, 0.25) is 11.8 Å². The molecule has 2 aliphatic heterocycles. The highest BCUT2D eigenvalue weighted by Crippen LogP contribution is 2.50. The molecular weight excluding hydrogens is 517 g/mol. The molecule has 2 aliphatic rings. The van der Waals surface area contributed by atoms with E-state index < -0.39 is 72.0 Å². The third-order valence-electron chi connectivity index (χ3n) is 5.82. The molecule has 1 aromatic heterocycles. The first kappa shape index (κ1) is 28.6. The van der Waals surface area contributed by atoms with Gasteiger partial charge in [0, 0.05) is 18.7 Å². The molecule has 0 aromatic carbocycles. The maximum atomic E-state index is 14.8. The summed E-state index contributed by atoms with van der Waals surface area (Å²) in [6.07, 6.45) is 0.200. The fraction of sp³-hybridized carbons (Fsp3) is 0.682. The second-order valence-corrected chi connectivity index (χ2v) is 9.85. The Balaban J connectivity index is 1.76. The van der Waals surface area contributed by atoms with Crippen molar-refractivity contribution in [2.24, 2.45) is 0 Å². The number of halogens is 7. The van der Waals surface area contributed by atoms with Crippen molar-refractivity contribution in [2.45, 2.75) is 69.6 Å². The Morgan fingerprint density at radius 1 is 1.14 bits per heavy atom. The van der Waals surface area contributed by atoms with Crippen molar-refractivity contribution < 1.29 is 49.8 Å². The fourth-order valence-corrected chi connectivity index (χ4v) is 4.06. The predicted molar refractivity (Wildman–Crippen MR) is 116 cm³/mol. The number of piperidine rings is 1. The van der Waals surface area contributed by atoms with Crippen LogP contribution in [0.4, 0.5) is 41.3 Å². The summed E-state index contributed by atoms with van der Waals surface area (Å²) in [5.74, 6) is -19.3. The first-order valence-corrected chi connectivity index (χ1v) is 11.3. The topological polar surface area (TPSA) is 84.0 Å². The highest BCUT2D eigenvalue weighted by atomic mass is 19.3. The molecule has 0 aliphatic carbocycles. The Hall–Kier alpha value is -3.00. The third kappa shape index (κ3) is 5.64. The van der Waals surface area contributed by atoms with Crippen molar-refractivity contribution in [3.05, 3.63) is 17.4 Å². The zero-order chi connectivity index (χ0) is 28.0. The second-order valence-electron chi connectivity index (χ2n) is 9.85. The zero-order valence-electron chi connectivity index (χ0n) is 20.5. The number of rotatable bonds is 5. The van der Waals surface area contributed by atoms with Crippen molar-refractivity contribution in [3.8, 4) is 5.88 Å². The van der Waals surface area contributed by atoms with Crippen LogP contribution in [0.1, 0.15) is 39.2 Å². The average molecular weight is 544 g/mol. The molecule has 1 unspecified atom stereocenters. The Morgan fingerprint density at radius 2 is 1.73 bits per heavy atom. The lowest BCUT2D eigenvalue weighted by Crippen LogP contribution is -2.67. The maximum Gasteiger partial charge on any atom is 0.410 e. The third-order valence-corrected chi connectivity index (χ3v) is 5.82. The number of nitrogens with one attached hydrogen (secondary N) is 1. The average Bonchev–Trinajstić information content (AvgIpc) is 3.25. The van der Waals surface area contributed by atoms with E-state index >= 15 is 0 Å². The molecule has 0 radical (unpaired) electrons. The summed E-state index contributed by atoms with van der Waals surface area (Å²) in [5.41, 5.74) is -0.864. The van der Waals surface area contributed by atoms with Crippen LogP contribution in [-0.4, -0.2) is 78.0 Å². The molecule has 1 atom stereocenters. The van der Waals surface area contributed by atoms with Crippen molar-refractivity contribution >= 4 is 17.8 Å². The molecule has 37 heavy (non-hydrogen) atoms. The summed E-state index contributed by atoms with van der Waals surface area (Å²) >= 11 is 0. The van der Waals surface area contributed by atoms with Gasteiger partial charge in [0.05, 0.1) is 20.2 Å². The molecule has 0 saturated carbocycles. The van der Waals surface area contributed by atoms with Gasteiger partial charge in [-0.3, -0.25) is 9.69 Å². The van der Waals surface area contributed by atoms with Gasteiger partial charge in [-0.25, -0.2) is 9.18 Å². The normalized spacial score (nSPS) is 22.5. The lowest BCUT2D eigenvalue weighted by molar-refractivity contribution is -0.314. The van der Waals surface area contributed by atoms with E-state index in [1.165, 1.54) is 4.90 Å². The van der Waals surface area contributed by atoms with Crippen LogP contribution in [0.5, 0.6) is 5.88 Å². The molecule has 1 N–H and O–H groups in total. The SMILES string of the molecule is COc1nc(N2CC(F)(F)C(F)(F)C(F)(F)C2)c(F)cc1CNC(=O)C1CCCN1C(=O)OC(C)(C)C. The van der Waals surface area contributed by atoms with E-state index in [0.717, 1.165) is 7.11 Å². The number of anilines is 1. The van der Waals surface area contributed by atoms with Gasteiger partial charge in [0.15, 0.2) is 11.6 Å². The van der Waals surface area contributed by atoms with Gasteiger partial charge in [0.25, 0.3) is 0 Å². The number of hydrogen-bond acceptors (Lipinski definition) is 6. The Morgan fingerprint density at radius 3 is 2.27 bits per heavy atom. The molecule has 0 spiro atoms. The van der Waals surface area contributed by atoms with E-state index in [-0.39, 0.29) is 23.6 Å². The van der Waals surface area contributed by atoms with Crippen molar-refractivity contribution in [3.63, 3.8) is 0 Å². The number of carbonyl (C=O) groups excluding carboxylic acids is 2. The number of carbonyl (C=O) groups is 2. The Bertz CT molecular complexity index is 1030. The monoisotopic (exact) mass is 544 g/mol. The number of aromatic nitrogens is 1. The van der Waals surface area contributed by atoms with Gasteiger partial charge in [-0.2, -0.15) is 31.3 Å². The molecular formula is C22H27F7N4O4. The highest BCUT2D eigenvalue weighted by molar-refractivity contribution is 5.86. The van der Waals surface area contributed by atoms with Crippen LogP contribution in [-0.2, 0) is 16.1 Å². The molecule has 15 heteroatoms. The van der Waals surface area contributed by atoms with E-state index in [4.69, 9.17) is 9.47 Å². The van der Waals surface area contributed by atoms with Gasteiger partial charge >= 0.3 is 23.9 Å². The lowest BCUT2D eigenvalue weighted by atomic mass is 9.98. The first-order valence-electron chi connectivity index (χ1n) is 11.3. The number of hydrogen-bond donors (Lipinski definition) is 1. The maximum absolute atomic E-state index is 14.8. The van der Waals surface area contributed by atoms with Gasteiger partial charge in [-0.1, -0.05) is 0 Å². The molecule has 8 nitrogen and oxygen atoms in total. The second kappa shape index (κ2) is 9.71. The van der Waals surface area contributed by atoms with Crippen LogP contribution in [0.25, 0.3) is 0 Å². The lowest BCUT2D eigenvalue weighted by Gasteiger charge is -2.43. The molecule has 2 amide bonds. The van der Waals surface area contributed by atoms with E-state index in [9.17, 15) is 40.3 Å². The summed E-state index contributed by atoms with van der Waals surface area (Å²) in [6.45, 7) is 1.12. The minimum absolute atomic E-state index is 0.0227. The molecule has 3 rings (SSSR count). The number of amides is 2. The molecule has 2 saturated heterocycles. The number of nitrogens with zero attached hydrogens (tertiary/aromatic N) is 3. The number of pyridine rings is 1. The van der Waals surface area contributed by atoms with Gasteiger partial charge in [-0.15, -0.1) is 0 Å². The van der Waals surface area contributed by atoms with E-state index in [0.29, 0.717) is 18.9 Å². The summed E-state index contributed by atoms with van der Waals surface area (Å²) in [7, 11) is 1.07. The van der Waals surface area contributed by atoms with Crippen LogP contribution < -0.4 is 15.0 Å². The first-order chi connectivity index (χ1) is 16.9. The summed E-state index contributed by atoms with van der Waals surface area (Å²) in [6, 6.07) is -0.150. The minimum atomic E-state index is -5.63. The molecule has 3 heterocycles. The Kier molecular flexibility index (Phi) is 7.50. The molecule has 1 aromatic rings.